The average molecular weight is 280 g/mol. The first-order valence-corrected chi connectivity index (χ1v) is 6.94. The third-order valence-electron chi connectivity index (χ3n) is 3.54. The van der Waals surface area contributed by atoms with Crippen LogP contribution in [-0.4, -0.2) is 21.2 Å². The van der Waals surface area contributed by atoms with Crippen LogP contribution < -0.4 is 9.64 Å². The molecular weight excluding hydrogens is 260 g/mol. The van der Waals surface area contributed by atoms with Gasteiger partial charge in [0.1, 0.15) is 5.75 Å². The monoisotopic (exact) mass is 280 g/mol. The summed E-state index contributed by atoms with van der Waals surface area (Å²) in [4.78, 5) is 2.05. The molecule has 0 aliphatic rings. The molecule has 2 aromatic carbocycles. The third-order valence-corrected chi connectivity index (χ3v) is 3.54. The Morgan fingerprint density at radius 3 is 2.43 bits per heavy atom. The summed E-state index contributed by atoms with van der Waals surface area (Å²) in [6, 6.07) is 18.4. The number of methoxy groups -OCH3 is 1. The first kappa shape index (κ1) is 14.9. The number of benzene rings is 2. The zero-order valence-corrected chi connectivity index (χ0v) is 12.7. The molecule has 0 saturated carbocycles. The summed E-state index contributed by atoms with van der Waals surface area (Å²) in [5.41, 5.74) is 3.31. The molecule has 0 N–H and O–H groups in total. The fourth-order valence-corrected chi connectivity index (χ4v) is 2.26. The molecule has 3 heteroatoms. The summed E-state index contributed by atoms with van der Waals surface area (Å²) >= 11 is 0. The molecule has 0 saturated heterocycles. The highest BCUT2D eigenvalue weighted by Gasteiger charge is 2.12. The standard InChI is InChI=1S/C18H20N2O/c1-20(2)17-6-4-5-15(12-17)16(13-19)11-14-7-9-18(21-3)10-8-14/h4-10,12,16H,11H2,1-3H3. The number of hydrogen-bond donors (Lipinski definition) is 0. The Bertz CT molecular complexity index is 626. The van der Waals surface area contributed by atoms with E-state index in [1.165, 1.54) is 0 Å². The maximum absolute atomic E-state index is 9.48. The van der Waals surface area contributed by atoms with Gasteiger partial charge in [-0.25, -0.2) is 0 Å². The molecule has 0 aromatic heterocycles. The normalized spacial score (nSPS) is 11.5. The Balaban J connectivity index is 2.19. The summed E-state index contributed by atoms with van der Waals surface area (Å²) < 4.78 is 5.16. The van der Waals surface area contributed by atoms with Gasteiger partial charge in [0.15, 0.2) is 0 Å². The second kappa shape index (κ2) is 6.81. The molecular formula is C18H20N2O. The van der Waals surface area contributed by atoms with Crippen LogP contribution in [0.5, 0.6) is 5.75 Å². The van der Waals surface area contributed by atoms with Crippen LogP contribution in [0, 0.1) is 11.3 Å². The molecule has 2 aromatic rings. The van der Waals surface area contributed by atoms with Crippen LogP contribution in [0.1, 0.15) is 17.0 Å². The topological polar surface area (TPSA) is 36.3 Å². The van der Waals surface area contributed by atoms with Crippen molar-refractivity contribution in [2.24, 2.45) is 0 Å². The Morgan fingerprint density at radius 2 is 1.86 bits per heavy atom. The fourth-order valence-electron chi connectivity index (χ4n) is 2.26. The fraction of sp³-hybridized carbons (Fsp3) is 0.278. The molecule has 0 amide bonds. The molecule has 108 valence electrons. The Kier molecular flexibility index (Phi) is 4.84. The number of ether oxygens (including phenoxy) is 1. The van der Waals surface area contributed by atoms with Gasteiger partial charge in [0.2, 0.25) is 0 Å². The molecule has 0 aliphatic heterocycles. The Labute approximate surface area is 126 Å². The van der Waals surface area contributed by atoms with Crippen LogP contribution in [0.2, 0.25) is 0 Å². The average Bonchev–Trinajstić information content (AvgIpc) is 2.53. The van der Waals surface area contributed by atoms with E-state index in [0.717, 1.165) is 22.6 Å². The van der Waals surface area contributed by atoms with Crippen LogP contribution in [0.4, 0.5) is 5.69 Å². The molecule has 2 rings (SSSR count). The van der Waals surface area contributed by atoms with Crippen LogP contribution >= 0.6 is 0 Å². The van der Waals surface area contributed by atoms with Crippen molar-refractivity contribution in [2.45, 2.75) is 12.3 Å². The lowest BCUT2D eigenvalue weighted by Crippen LogP contribution is -2.09. The van der Waals surface area contributed by atoms with E-state index < -0.39 is 0 Å². The lowest BCUT2D eigenvalue weighted by molar-refractivity contribution is 0.414. The van der Waals surface area contributed by atoms with Gasteiger partial charge in [-0.05, 0) is 41.8 Å². The minimum Gasteiger partial charge on any atom is -0.497 e. The first-order chi connectivity index (χ1) is 10.1. The SMILES string of the molecule is COc1ccc(CC(C#N)c2cccc(N(C)C)c2)cc1. The van der Waals surface area contributed by atoms with E-state index in [2.05, 4.69) is 12.1 Å². The predicted molar refractivity (Wildman–Crippen MR) is 85.8 cm³/mol. The highest BCUT2D eigenvalue weighted by molar-refractivity contribution is 5.49. The highest BCUT2D eigenvalue weighted by atomic mass is 16.5. The number of hydrogen-bond acceptors (Lipinski definition) is 3. The van der Waals surface area contributed by atoms with E-state index >= 15 is 0 Å². The zero-order chi connectivity index (χ0) is 15.2. The highest BCUT2D eigenvalue weighted by Crippen LogP contribution is 2.24. The summed E-state index contributed by atoms with van der Waals surface area (Å²) in [7, 11) is 5.66. The molecule has 1 unspecified atom stereocenters. The smallest absolute Gasteiger partial charge is 0.118 e. The van der Waals surface area contributed by atoms with Gasteiger partial charge >= 0.3 is 0 Å². The van der Waals surface area contributed by atoms with Crippen molar-refractivity contribution in [2.75, 3.05) is 26.1 Å². The maximum atomic E-state index is 9.48. The molecule has 0 fully saturated rings. The van der Waals surface area contributed by atoms with Gasteiger partial charge in [0.05, 0.1) is 19.1 Å². The Morgan fingerprint density at radius 1 is 1.14 bits per heavy atom. The van der Waals surface area contributed by atoms with Crippen LogP contribution in [0.15, 0.2) is 48.5 Å². The van der Waals surface area contributed by atoms with E-state index in [0.29, 0.717) is 6.42 Å². The molecule has 0 aliphatic carbocycles. The minimum atomic E-state index is -0.140. The summed E-state index contributed by atoms with van der Waals surface area (Å²) in [5, 5.41) is 9.48. The van der Waals surface area contributed by atoms with E-state index in [-0.39, 0.29) is 5.92 Å². The van der Waals surface area contributed by atoms with Crippen LogP contribution in [0.3, 0.4) is 0 Å². The molecule has 1 atom stereocenters. The van der Waals surface area contributed by atoms with E-state index in [4.69, 9.17) is 4.74 Å². The van der Waals surface area contributed by atoms with Gasteiger partial charge in [0, 0.05) is 19.8 Å². The Hall–Kier alpha value is -2.47. The van der Waals surface area contributed by atoms with Crippen molar-refractivity contribution in [1.82, 2.24) is 0 Å². The van der Waals surface area contributed by atoms with Crippen molar-refractivity contribution < 1.29 is 4.74 Å². The van der Waals surface area contributed by atoms with Gasteiger partial charge in [-0.3, -0.25) is 0 Å². The van der Waals surface area contributed by atoms with Crippen molar-refractivity contribution >= 4 is 5.69 Å². The lowest BCUT2D eigenvalue weighted by Gasteiger charge is -2.16. The van der Waals surface area contributed by atoms with Gasteiger partial charge in [-0.15, -0.1) is 0 Å². The molecule has 21 heavy (non-hydrogen) atoms. The van der Waals surface area contributed by atoms with Crippen LogP contribution in [0.25, 0.3) is 0 Å². The second-order valence-corrected chi connectivity index (χ2v) is 5.22. The molecule has 0 spiro atoms. The zero-order valence-electron chi connectivity index (χ0n) is 12.7. The summed E-state index contributed by atoms with van der Waals surface area (Å²) in [6.07, 6.45) is 0.706. The molecule has 0 radical (unpaired) electrons. The van der Waals surface area contributed by atoms with E-state index in [1.807, 2.05) is 61.5 Å². The second-order valence-electron chi connectivity index (χ2n) is 5.22. The first-order valence-electron chi connectivity index (χ1n) is 6.94. The third kappa shape index (κ3) is 3.76. The molecule has 0 heterocycles. The number of nitrogens with zero attached hydrogens (tertiary/aromatic N) is 2. The van der Waals surface area contributed by atoms with Gasteiger partial charge in [-0.2, -0.15) is 5.26 Å². The van der Waals surface area contributed by atoms with Crippen molar-refractivity contribution in [1.29, 1.82) is 5.26 Å². The minimum absolute atomic E-state index is 0.140. The lowest BCUT2D eigenvalue weighted by atomic mass is 9.93. The largest absolute Gasteiger partial charge is 0.497 e. The van der Waals surface area contributed by atoms with Gasteiger partial charge in [-0.1, -0.05) is 24.3 Å². The number of nitriles is 1. The van der Waals surface area contributed by atoms with Gasteiger partial charge < -0.3 is 9.64 Å². The maximum Gasteiger partial charge on any atom is 0.118 e. The van der Waals surface area contributed by atoms with Gasteiger partial charge in [0.25, 0.3) is 0 Å². The van der Waals surface area contributed by atoms with Crippen molar-refractivity contribution in [3.8, 4) is 11.8 Å². The predicted octanol–water partition coefficient (Wildman–Crippen LogP) is 3.61. The number of anilines is 1. The van der Waals surface area contributed by atoms with Crippen molar-refractivity contribution in [3.05, 3.63) is 59.7 Å². The summed E-state index contributed by atoms with van der Waals surface area (Å²) in [6.45, 7) is 0. The summed E-state index contributed by atoms with van der Waals surface area (Å²) in [5.74, 6) is 0.695. The molecule has 0 bridgehead atoms. The van der Waals surface area contributed by atoms with Crippen LogP contribution in [-0.2, 0) is 6.42 Å². The van der Waals surface area contributed by atoms with E-state index in [1.54, 1.807) is 7.11 Å². The molecule has 3 nitrogen and oxygen atoms in total. The van der Waals surface area contributed by atoms with Crippen molar-refractivity contribution in [3.63, 3.8) is 0 Å². The number of rotatable bonds is 5. The van der Waals surface area contributed by atoms with E-state index in [9.17, 15) is 5.26 Å². The quantitative estimate of drug-likeness (QED) is 0.839.